The van der Waals surface area contributed by atoms with Crippen LogP contribution in [0.25, 0.3) is 0 Å². The maximum absolute atomic E-state index is 10.5. The van der Waals surface area contributed by atoms with Gasteiger partial charge in [0.25, 0.3) is 0 Å². The summed E-state index contributed by atoms with van der Waals surface area (Å²) < 4.78 is 4.62. The van der Waals surface area contributed by atoms with Crippen molar-refractivity contribution in [3.63, 3.8) is 0 Å². The van der Waals surface area contributed by atoms with E-state index in [0.717, 1.165) is 11.3 Å². The second kappa shape index (κ2) is 6.07. The van der Waals surface area contributed by atoms with Gasteiger partial charge in [0.15, 0.2) is 0 Å². The summed E-state index contributed by atoms with van der Waals surface area (Å²) in [6.45, 7) is 0. The van der Waals surface area contributed by atoms with Crippen LogP contribution in [0.2, 0.25) is 0 Å². The molecule has 92 valence electrons. The largest absolute Gasteiger partial charge is 0.512 e. The molecule has 0 aliphatic carbocycles. The van der Waals surface area contributed by atoms with Gasteiger partial charge < -0.3 is 9.84 Å². The molecular formula is C13H11NO3S. The Balaban J connectivity index is 2.07. The van der Waals surface area contributed by atoms with Crippen LogP contribution >= 0.6 is 11.8 Å². The fourth-order valence-electron chi connectivity index (χ4n) is 1.38. The zero-order chi connectivity index (χ0) is 12.8. The Morgan fingerprint density at radius 3 is 2.72 bits per heavy atom. The summed E-state index contributed by atoms with van der Waals surface area (Å²) in [6.07, 6.45) is 0.153. The van der Waals surface area contributed by atoms with Gasteiger partial charge in [-0.05, 0) is 17.7 Å². The van der Waals surface area contributed by atoms with Crippen molar-refractivity contribution in [2.45, 2.75) is 10.6 Å². The van der Waals surface area contributed by atoms with Crippen molar-refractivity contribution in [1.29, 1.82) is 0 Å². The van der Waals surface area contributed by atoms with Crippen molar-refractivity contribution in [3.05, 3.63) is 54.2 Å². The van der Waals surface area contributed by atoms with Gasteiger partial charge in [-0.3, -0.25) is 0 Å². The highest BCUT2D eigenvalue weighted by Gasteiger charge is 2.09. The first-order valence-corrected chi connectivity index (χ1v) is 6.27. The lowest BCUT2D eigenvalue weighted by atomic mass is 10.2. The van der Waals surface area contributed by atoms with E-state index >= 15 is 0 Å². The minimum Gasteiger partial charge on any atom is -0.449 e. The molecule has 0 aliphatic rings. The Morgan fingerprint density at radius 2 is 2.00 bits per heavy atom. The van der Waals surface area contributed by atoms with Crippen molar-refractivity contribution >= 4 is 17.9 Å². The highest BCUT2D eigenvalue weighted by molar-refractivity contribution is 7.98. The van der Waals surface area contributed by atoms with Crippen molar-refractivity contribution in [3.8, 4) is 5.88 Å². The van der Waals surface area contributed by atoms with E-state index in [2.05, 4.69) is 9.72 Å². The van der Waals surface area contributed by atoms with Gasteiger partial charge in [0.1, 0.15) is 0 Å². The number of rotatable bonds is 4. The summed E-state index contributed by atoms with van der Waals surface area (Å²) >= 11 is 1.49. The fourth-order valence-corrected chi connectivity index (χ4v) is 2.29. The molecule has 0 bridgehead atoms. The molecule has 1 N–H and O–H groups in total. The average Bonchev–Trinajstić information content (AvgIpc) is 2.38. The first-order valence-electron chi connectivity index (χ1n) is 5.28. The minimum absolute atomic E-state index is 0.130. The molecule has 0 amide bonds. The third kappa shape index (κ3) is 3.49. The van der Waals surface area contributed by atoms with Gasteiger partial charge in [-0.15, -0.1) is 11.8 Å². The Hall–Kier alpha value is -2.01. The predicted molar refractivity (Wildman–Crippen MR) is 68.9 cm³/mol. The van der Waals surface area contributed by atoms with Crippen LogP contribution < -0.4 is 4.74 Å². The van der Waals surface area contributed by atoms with E-state index in [0.29, 0.717) is 4.90 Å². The number of pyridine rings is 1. The average molecular weight is 261 g/mol. The van der Waals surface area contributed by atoms with Crippen molar-refractivity contribution in [2.24, 2.45) is 0 Å². The summed E-state index contributed by atoms with van der Waals surface area (Å²) in [5, 5.41) is 8.61. The summed E-state index contributed by atoms with van der Waals surface area (Å²) in [6, 6.07) is 13.5. The summed E-state index contributed by atoms with van der Waals surface area (Å²) in [5.74, 6) is 0.869. The minimum atomic E-state index is -1.35. The van der Waals surface area contributed by atoms with E-state index in [1.807, 2.05) is 30.3 Å². The van der Waals surface area contributed by atoms with Crippen LogP contribution in [0.15, 0.2) is 53.6 Å². The van der Waals surface area contributed by atoms with Gasteiger partial charge in [-0.2, -0.15) is 0 Å². The Bertz CT molecular complexity index is 531. The smallest absolute Gasteiger partial charge is 0.449 e. The lowest BCUT2D eigenvalue weighted by Crippen LogP contribution is -2.05. The molecule has 0 saturated heterocycles. The summed E-state index contributed by atoms with van der Waals surface area (Å²) in [4.78, 5) is 15.1. The lowest BCUT2D eigenvalue weighted by molar-refractivity contribution is 0.141. The SMILES string of the molecule is O=C(O)Oc1ncccc1SCc1ccccc1. The molecule has 0 spiro atoms. The number of carboxylic acid groups (broad SMARTS) is 1. The third-order valence-electron chi connectivity index (χ3n) is 2.16. The fraction of sp³-hybridized carbons (Fsp3) is 0.0769. The van der Waals surface area contributed by atoms with Crippen molar-refractivity contribution in [2.75, 3.05) is 0 Å². The number of nitrogens with zero attached hydrogens (tertiary/aromatic N) is 1. The third-order valence-corrected chi connectivity index (χ3v) is 3.26. The zero-order valence-corrected chi connectivity index (χ0v) is 10.3. The number of ether oxygens (including phenoxy) is 1. The lowest BCUT2D eigenvalue weighted by Gasteiger charge is -2.06. The molecule has 2 rings (SSSR count). The van der Waals surface area contributed by atoms with E-state index in [-0.39, 0.29) is 5.88 Å². The zero-order valence-electron chi connectivity index (χ0n) is 9.45. The van der Waals surface area contributed by atoms with E-state index in [9.17, 15) is 4.79 Å². The van der Waals surface area contributed by atoms with Gasteiger partial charge in [-0.25, -0.2) is 9.78 Å². The Kier molecular flexibility index (Phi) is 4.20. The summed E-state index contributed by atoms with van der Waals surface area (Å²) in [5.41, 5.74) is 1.16. The molecule has 0 atom stereocenters. The first-order chi connectivity index (χ1) is 8.75. The van der Waals surface area contributed by atoms with Crippen LogP contribution in [-0.2, 0) is 5.75 Å². The number of carbonyl (C=O) groups is 1. The second-order valence-electron chi connectivity index (χ2n) is 3.45. The predicted octanol–water partition coefficient (Wildman–Crippen LogP) is 3.43. The number of thioether (sulfide) groups is 1. The highest BCUT2D eigenvalue weighted by Crippen LogP contribution is 2.29. The molecular weight excluding hydrogens is 250 g/mol. The number of hydrogen-bond donors (Lipinski definition) is 1. The molecule has 1 heterocycles. The number of benzene rings is 1. The molecule has 0 unspecified atom stereocenters. The normalized spacial score (nSPS) is 10.0. The van der Waals surface area contributed by atoms with Crippen LogP contribution in [0.3, 0.4) is 0 Å². The van der Waals surface area contributed by atoms with Gasteiger partial charge in [0.05, 0.1) is 4.90 Å². The van der Waals surface area contributed by atoms with Crippen LogP contribution in [0, 0.1) is 0 Å². The Labute approximate surface area is 109 Å². The molecule has 0 radical (unpaired) electrons. The number of hydrogen-bond acceptors (Lipinski definition) is 4. The maximum Gasteiger partial charge on any atom is 0.512 e. The Morgan fingerprint density at radius 1 is 1.22 bits per heavy atom. The molecule has 5 heteroatoms. The van der Waals surface area contributed by atoms with Crippen LogP contribution in [0.1, 0.15) is 5.56 Å². The van der Waals surface area contributed by atoms with Crippen molar-refractivity contribution < 1.29 is 14.6 Å². The van der Waals surface area contributed by atoms with Gasteiger partial charge in [0, 0.05) is 11.9 Å². The van der Waals surface area contributed by atoms with Gasteiger partial charge >= 0.3 is 6.16 Å². The molecule has 4 nitrogen and oxygen atoms in total. The molecule has 0 aliphatic heterocycles. The molecule has 1 aromatic carbocycles. The molecule has 18 heavy (non-hydrogen) atoms. The highest BCUT2D eigenvalue weighted by atomic mass is 32.2. The maximum atomic E-state index is 10.5. The quantitative estimate of drug-likeness (QED) is 0.675. The topological polar surface area (TPSA) is 59.4 Å². The summed E-state index contributed by atoms with van der Waals surface area (Å²) in [7, 11) is 0. The monoisotopic (exact) mass is 261 g/mol. The second-order valence-corrected chi connectivity index (χ2v) is 4.47. The van der Waals surface area contributed by atoms with Gasteiger partial charge in [-0.1, -0.05) is 30.3 Å². The van der Waals surface area contributed by atoms with Crippen molar-refractivity contribution in [1.82, 2.24) is 4.98 Å². The first kappa shape index (κ1) is 12.4. The standard InChI is InChI=1S/C13H11NO3S/c15-13(16)17-12-11(7-4-8-14-12)18-9-10-5-2-1-3-6-10/h1-8H,9H2,(H,15,16). The molecule has 0 fully saturated rings. The van der Waals surface area contributed by atoms with Crippen LogP contribution in [-0.4, -0.2) is 16.2 Å². The van der Waals surface area contributed by atoms with Gasteiger partial charge in [0.2, 0.25) is 5.88 Å². The molecule has 0 saturated carbocycles. The van der Waals surface area contributed by atoms with E-state index in [1.54, 1.807) is 12.1 Å². The van der Waals surface area contributed by atoms with E-state index < -0.39 is 6.16 Å². The van der Waals surface area contributed by atoms with E-state index in [4.69, 9.17) is 5.11 Å². The van der Waals surface area contributed by atoms with Crippen LogP contribution in [0.4, 0.5) is 4.79 Å². The number of aromatic nitrogens is 1. The molecule has 1 aromatic heterocycles. The van der Waals surface area contributed by atoms with Crippen LogP contribution in [0.5, 0.6) is 5.88 Å². The van der Waals surface area contributed by atoms with E-state index in [1.165, 1.54) is 18.0 Å². The molecule has 2 aromatic rings.